The number of hydrogen-bond donors (Lipinski definition) is 0. The first-order chi connectivity index (χ1) is 16.0. The van der Waals surface area contributed by atoms with Crippen LogP contribution in [0.1, 0.15) is 39.0 Å². The van der Waals surface area contributed by atoms with Gasteiger partial charge in [-0.25, -0.2) is 4.68 Å². The highest BCUT2D eigenvalue weighted by Gasteiger charge is 2.31. The molecule has 0 aliphatic carbocycles. The molecule has 3 aromatic rings. The van der Waals surface area contributed by atoms with Crippen LogP contribution >= 0.6 is 0 Å². The minimum atomic E-state index is -0.130. The van der Waals surface area contributed by atoms with Crippen molar-refractivity contribution < 1.29 is 14.3 Å². The fourth-order valence-electron chi connectivity index (χ4n) is 4.66. The monoisotopic (exact) mass is 447 g/mol. The summed E-state index contributed by atoms with van der Waals surface area (Å²) in [6.07, 6.45) is -0.130. The summed E-state index contributed by atoms with van der Waals surface area (Å²) in [7, 11) is 1.65. The molecule has 0 bridgehead atoms. The Kier molecular flexibility index (Phi) is 5.76. The first kappa shape index (κ1) is 21.5. The highest BCUT2D eigenvalue weighted by molar-refractivity contribution is 5.93. The average molecular weight is 448 g/mol. The maximum absolute atomic E-state index is 13.2. The first-order valence-corrected chi connectivity index (χ1v) is 11.3. The van der Waals surface area contributed by atoms with E-state index >= 15 is 0 Å². The van der Waals surface area contributed by atoms with Crippen molar-refractivity contribution in [2.75, 3.05) is 38.2 Å². The highest BCUT2D eigenvalue weighted by atomic mass is 16.5. The maximum atomic E-state index is 13.2. The Morgan fingerprint density at radius 2 is 1.82 bits per heavy atom. The predicted octanol–water partition coefficient (Wildman–Crippen LogP) is 3.14. The largest absolute Gasteiger partial charge is 0.497 e. The molecule has 1 aromatic heterocycles. The van der Waals surface area contributed by atoms with Crippen molar-refractivity contribution in [1.82, 2.24) is 19.9 Å². The third-order valence-corrected chi connectivity index (χ3v) is 6.55. The molecule has 5 rings (SSSR count). The number of aromatic nitrogens is 3. The van der Waals surface area contributed by atoms with Crippen molar-refractivity contribution in [2.45, 2.75) is 33.1 Å². The van der Waals surface area contributed by atoms with Crippen LogP contribution in [0.3, 0.4) is 0 Å². The second-order valence-corrected chi connectivity index (χ2v) is 8.71. The van der Waals surface area contributed by atoms with Crippen LogP contribution in [-0.2, 0) is 17.9 Å². The summed E-state index contributed by atoms with van der Waals surface area (Å²) in [5, 5.41) is 8.51. The molecule has 2 aliphatic heterocycles. The number of hydrogen-bond acceptors (Lipinski definition) is 6. The van der Waals surface area contributed by atoms with Gasteiger partial charge in [0.05, 0.1) is 26.0 Å². The van der Waals surface area contributed by atoms with Gasteiger partial charge < -0.3 is 19.3 Å². The lowest BCUT2D eigenvalue weighted by Gasteiger charge is -2.36. The quantitative estimate of drug-likeness (QED) is 0.612. The Bertz CT molecular complexity index is 1150. The molecule has 8 nitrogen and oxygen atoms in total. The van der Waals surface area contributed by atoms with Gasteiger partial charge >= 0.3 is 0 Å². The number of piperazine rings is 1. The predicted molar refractivity (Wildman–Crippen MR) is 125 cm³/mol. The average Bonchev–Trinajstić information content (AvgIpc) is 3.27. The van der Waals surface area contributed by atoms with Crippen LogP contribution < -0.4 is 9.64 Å². The van der Waals surface area contributed by atoms with E-state index in [0.717, 1.165) is 30.1 Å². The molecule has 1 fully saturated rings. The van der Waals surface area contributed by atoms with Gasteiger partial charge in [-0.1, -0.05) is 35.0 Å². The van der Waals surface area contributed by atoms with Crippen molar-refractivity contribution in [3.05, 3.63) is 70.5 Å². The second kappa shape index (κ2) is 8.86. The number of anilines is 1. The smallest absolute Gasteiger partial charge is 0.276 e. The number of fused-ring (bicyclic) bond motifs is 1. The minimum Gasteiger partial charge on any atom is -0.497 e. The van der Waals surface area contributed by atoms with Crippen LogP contribution in [-0.4, -0.2) is 59.1 Å². The maximum Gasteiger partial charge on any atom is 0.276 e. The lowest BCUT2D eigenvalue weighted by Crippen LogP contribution is -2.49. The van der Waals surface area contributed by atoms with Gasteiger partial charge in [-0.2, -0.15) is 0 Å². The number of ether oxygens (including phenoxy) is 2. The Labute approximate surface area is 193 Å². The van der Waals surface area contributed by atoms with E-state index in [1.54, 1.807) is 11.8 Å². The standard InChI is InChI=1S/C25H29N5O3/c1-17-4-9-21(18(2)14-17)28-10-12-29(13-11-28)25(31)24-22-16-33-23(15-30(22)27-26-24)19-5-7-20(32-3)8-6-19/h4-9,14,23H,10-13,15-16H2,1-3H3/t23-/m0/s1. The van der Waals surface area contributed by atoms with Crippen LogP contribution in [0.4, 0.5) is 5.69 Å². The molecule has 0 radical (unpaired) electrons. The normalized spacial score (nSPS) is 18.2. The van der Waals surface area contributed by atoms with E-state index in [9.17, 15) is 4.79 Å². The lowest BCUT2D eigenvalue weighted by molar-refractivity contribution is -0.00198. The third kappa shape index (κ3) is 4.18. The fraction of sp³-hybridized carbons (Fsp3) is 0.400. The Balaban J connectivity index is 1.24. The summed E-state index contributed by atoms with van der Waals surface area (Å²) < 4.78 is 13.1. The first-order valence-electron chi connectivity index (χ1n) is 11.3. The van der Waals surface area contributed by atoms with Crippen molar-refractivity contribution in [1.29, 1.82) is 0 Å². The molecule has 0 saturated carbocycles. The molecule has 2 aliphatic rings. The van der Waals surface area contributed by atoms with Crippen LogP contribution in [0.2, 0.25) is 0 Å². The number of amides is 1. The van der Waals surface area contributed by atoms with E-state index in [1.165, 1.54) is 16.8 Å². The molecule has 172 valence electrons. The molecular weight excluding hydrogens is 418 g/mol. The van der Waals surface area contributed by atoms with Crippen molar-refractivity contribution in [3.63, 3.8) is 0 Å². The number of benzene rings is 2. The highest BCUT2D eigenvalue weighted by Crippen LogP contribution is 2.29. The van der Waals surface area contributed by atoms with Gasteiger partial charge in [-0.05, 0) is 43.2 Å². The van der Waals surface area contributed by atoms with Crippen molar-refractivity contribution in [3.8, 4) is 5.75 Å². The van der Waals surface area contributed by atoms with E-state index < -0.39 is 0 Å². The number of carbonyl (C=O) groups excluding carboxylic acids is 1. The molecule has 8 heteroatoms. The van der Waals surface area contributed by atoms with Gasteiger partial charge in [0.2, 0.25) is 0 Å². The van der Waals surface area contributed by atoms with Crippen molar-refractivity contribution >= 4 is 11.6 Å². The summed E-state index contributed by atoms with van der Waals surface area (Å²) >= 11 is 0. The van der Waals surface area contributed by atoms with Crippen LogP contribution in [0, 0.1) is 13.8 Å². The zero-order valence-corrected chi connectivity index (χ0v) is 19.3. The number of methoxy groups -OCH3 is 1. The molecule has 33 heavy (non-hydrogen) atoms. The van der Waals surface area contributed by atoms with Gasteiger partial charge in [0.1, 0.15) is 11.9 Å². The minimum absolute atomic E-state index is 0.0666. The number of aryl methyl sites for hydroxylation is 2. The molecule has 0 N–H and O–H groups in total. The molecule has 2 aromatic carbocycles. The number of carbonyl (C=O) groups is 1. The SMILES string of the molecule is COc1ccc([C@@H]2Cn3nnc(C(=O)N4CCN(c5ccc(C)cc5C)CC4)c3CO2)cc1. The molecule has 1 amide bonds. The fourth-order valence-corrected chi connectivity index (χ4v) is 4.66. The van der Waals surface area contributed by atoms with Crippen LogP contribution in [0.5, 0.6) is 5.75 Å². The Morgan fingerprint density at radius 3 is 2.52 bits per heavy atom. The Morgan fingerprint density at radius 1 is 1.06 bits per heavy atom. The summed E-state index contributed by atoms with van der Waals surface area (Å²) in [6.45, 7) is 8.01. The lowest BCUT2D eigenvalue weighted by atomic mass is 10.1. The number of nitrogens with zero attached hydrogens (tertiary/aromatic N) is 5. The zero-order chi connectivity index (χ0) is 22.9. The van der Waals surface area contributed by atoms with Gasteiger partial charge in [0.25, 0.3) is 5.91 Å². The summed E-state index contributed by atoms with van der Waals surface area (Å²) in [4.78, 5) is 17.5. The summed E-state index contributed by atoms with van der Waals surface area (Å²) in [5.74, 6) is 0.740. The van der Waals surface area contributed by atoms with E-state index in [0.29, 0.717) is 31.9 Å². The van der Waals surface area contributed by atoms with E-state index in [-0.39, 0.29) is 12.0 Å². The summed E-state index contributed by atoms with van der Waals surface area (Å²) in [6, 6.07) is 14.3. The van der Waals surface area contributed by atoms with Crippen LogP contribution in [0.15, 0.2) is 42.5 Å². The van der Waals surface area contributed by atoms with Gasteiger partial charge in [0, 0.05) is 31.9 Å². The van der Waals surface area contributed by atoms with Gasteiger partial charge in [-0.3, -0.25) is 4.79 Å². The molecule has 1 atom stereocenters. The Hall–Kier alpha value is -3.39. The van der Waals surface area contributed by atoms with E-state index in [4.69, 9.17) is 9.47 Å². The van der Waals surface area contributed by atoms with Crippen molar-refractivity contribution in [2.24, 2.45) is 0 Å². The van der Waals surface area contributed by atoms with E-state index in [1.807, 2.05) is 29.2 Å². The van der Waals surface area contributed by atoms with Gasteiger partial charge in [0.15, 0.2) is 5.69 Å². The number of rotatable bonds is 4. The second-order valence-electron chi connectivity index (χ2n) is 8.71. The van der Waals surface area contributed by atoms with Crippen LogP contribution in [0.25, 0.3) is 0 Å². The summed E-state index contributed by atoms with van der Waals surface area (Å²) in [5.41, 5.74) is 5.98. The van der Waals surface area contributed by atoms with E-state index in [2.05, 4.69) is 47.3 Å². The molecular formula is C25H29N5O3. The molecule has 1 saturated heterocycles. The molecule has 0 spiro atoms. The molecule has 0 unspecified atom stereocenters. The molecule has 3 heterocycles. The van der Waals surface area contributed by atoms with Gasteiger partial charge in [-0.15, -0.1) is 5.10 Å². The topological polar surface area (TPSA) is 72.7 Å². The zero-order valence-electron chi connectivity index (χ0n) is 19.3. The third-order valence-electron chi connectivity index (χ3n) is 6.55.